The lowest BCUT2D eigenvalue weighted by molar-refractivity contribution is 0.0979. The van der Waals surface area contributed by atoms with Crippen molar-refractivity contribution in [2.75, 3.05) is 5.88 Å². The number of hydrogen-bond donors (Lipinski definition) is 1. The van der Waals surface area contributed by atoms with E-state index in [1.54, 1.807) is 36.0 Å². The Hall–Kier alpha value is -2.33. The molecule has 3 rings (SSSR count). The van der Waals surface area contributed by atoms with Crippen molar-refractivity contribution < 1.29 is 9.59 Å². The van der Waals surface area contributed by atoms with Crippen LogP contribution in [0.4, 0.5) is 0 Å². The largest absolute Gasteiger partial charge is 0.372 e. The second-order valence-electron chi connectivity index (χ2n) is 4.58. The van der Waals surface area contributed by atoms with Gasteiger partial charge in [0.15, 0.2) is 5.78 Å². The average molecular weight is 295 g/mol. The molecule has 21 heavy (non-hydrogen) atoms. The van der Waals surface area contributed by atoms with Gasteiger partial charge < -0.3 is 5.32 Å². The van der Waals surface area contributed by atoms with Gasteiger partial charge in [0.05, 0.1) is 11.6 Å². The summed E-state index contributed by atoms with van der Waals surface area (Å²) in [4.78, 5) is 25.4. The number of Topliss-reactive ketones (excluding diaryl/α,β-unsaturated/α-hetero) is 1. The summed E-state index contributed by atoms with van der Waals surface area (Å²) >= 11 is 1.58. The first-order valence-corrected chi connectivity index (χ1v) is 7.56. The fourth-order valence-electron chi connectivity index (χ4n) is 2.16. The van der Waals surface area contributed by atoms with Crippen LogP contribution in [0.2, 0.25) is 0 Å². The van der Waals surface area contributed by atoms with Crippen LogP contribution in [0, 0.1) is 0 Å². The maximum atomic E-state index is 12.3. The van der Waals surface area contributed by atoms with E-state index in [0.717, 1.165) is 4.90 Å². The topological polar surface area (TPSA) is 46.2 Å². The zero-order valence-corrected chi connectivity index (χ0v) is 12.0. The van der Waals surface area contributed by atoms with Crippen molar-refractivity contribution >= 4 is 23.3 Å². The van der Waals surface area contributed by atoms with E-state index in [1.807, 2.05) is 30.3 Å². The molecule has 0 aromatic heterocycles. The minimum absolute atomic E-state index is 0.126. The van der Waals surface area contributed by atoms with Gasteiger partial charge in [-0.25, -0.2) is 0 Å². The molecule has 0 atom stereocenters. The summed E-state index contributed by atoms with van der Waals surface area (Å²) in [6.07, 6.45) is 1.39. The number of nitrogens with one attached hydrogen (secondary N) is 1. The van der Waals surface area contributed by atoms with Crippen molar-refractivity contribution in [3.8, 4) is 0 Å². The van der Waals surface area contributed by atoms with E-state index in [-0.39, 0.29) is 11.6 Å². The van der Waals surface area contributed by atoms with E-state index in [0.29, 0.717) is 22.7 Å². The molecule has 0 bridgehead atoms. The standard InChI is InChI=1S/C17H13NO2S/c19-16-10-15(17(20)14-9-5-4-8-13(14)16)18-11-21-12-6-2-1-3-7-12/h1-10,18H,11H2. The molecule has 3 nitrogen and oxygen atoms in total. The summed E-state index contributed by atoms with van der Waals surface area (Å²) in [6.45, 7) is 0. The Morgan fingerprint density at radius 3 is 2.29 bits per heavy atom. The Labute approximate surface area is 127 Å². The number of carbonyl (C=O) groups is 2. The second kappa shape index (κ2) is 5.97. The average Bonchev–Trinajstić information content (AvgIpc) is 2.53. The van der Waals surface area contributed by atoms with Gasteiger partial charge in [0, 0.05) is 22.1 Å². The maximum absolute atomic E-state index is 12.3. The van der Waals surface area contributed by atoms with Gasteiger partial charge in [-0.3, -0.25) is 9.59 Å². The third kappa shape index (κ3) is 2.90. The summed E-state index contributed by atoms with van der Waals surface area (Å²) in [6, 6.07) is 16.8. The molecule has 0 radical (unpaired) electrons. The van der Waals surface area contributed by atoms with Crippen molar-refractivity contribution in [3.63, 3.8) is 0 Å². The molecular weight excluding hydrogens is 282 g/mol. The Kier molecular flexibility index (Phi) is 3.88. The fourth-order valence-corrected chi connectivity index (χ4v) is 2.90. The predicted octanol–water partition coefficient (Wildman–Crippen LogP) is 3.29. The molecule has 104 valence electrons. The van der Waals surface area contributed by atoms with Gasteiger partial charge in [-0.05, 0) is 12.1 Å². The number of fused-ring (bicyclic) bond motifs is 1. The lowest BCUT2D eigenvalue weighted by Crippen LogP contribution is -2.26. The first-order valence-electron chi connectivity index (χ1n) is 6.57. The second-order valence-corrected chi connectivity index (χ2v) is 5.62. The molecule has 0 spiro atoms. The summed E-state index contributed by atoms with van der Waals surface area (Å²) in [7, 11) is 0. The van der Waals surface area contributed by atoms with Crippen molar-refractivity contribution in [1.29, 1.82) is 0 Å². The Balaban J connectivity index is 1.70. The molecule has 0 unspecified atom stereocenters. The normalized spacial score (nSPS) is 13.6. The molecule has 2 aromatic rings. The van der Waals surface area contributed by atoms with Crippen LogP contribution in [0.1, 0.15) is 20.7 Å². The van der Waals surface area contributed by atoms with Crippen LogP contribution in [0.5, 0.6) is 0 Å². The van der Waals surface area contributed by atoms with Crippen LogP contribution in [0.15, 0.2) is 71.3 Å². The summed E-state index contributed by atoms with van der Waals surface area (Å²) < 4.78 is 0. The van der Waals surface area contributed by atoms with Crippen molar-refractivity contribution in [2.45, 2.75) is 4.90 Å². The SMILES string of the molecule is O=C1C=C(NCSc2ccccc2)C(=O)c2ccccc21. The molecular formula is C17H13NO2S. The van der Waals surface area contributed by atoms with Crippen molar-refractivity contribution in [2.24, 2.45) is 0 Å². The molecule has 2 aromatic carbocycles. The van der Waals surface area contributed by atoms with Crippen LogP contribution >= 0.6 is 11.8 Å². The number of carbonyl (C=O) groups excluding carboxylic acids is 2. The van der Waals surface area contributed by atoms with E-state index in [1.165, 1.54) is 6.08 Å². The Morgan fingerprint density at radius 1 is 0.857 bits per heavy atom. The Morgan fingerprint density at radius 2 is 1.52 bits per heavy atom. The highest BCUT2D eigenvalue weighted by Gasteiger charge is 2.24. The zero-order chi connectivity index (χ0) is 14.7. The quantitative estimate of drug-likeness (QED) is 0.694. The predicted molar refractivity (Wildman–Crippen MR) is 83.5 cm³/mol. The van der Waals surface area contributed by atoms with Crippen molar-refractivity contribution in [3.05, 3.63) is 77.5 Å². The Bertz CT molecular complexity index is 723. The van der Waals surface area contributed by atoms with Crippen LogP contribution in [-0.4, -0.2) is 17.4 Å². The fraction of sp³-hybridized carbons (Fsp3) is 0.0588. The minimum atomic E-state index is -0.127. The molecule has 4 heteroatoms. The molecule has 1 aliphatic rings. The molecule has 0 fully saturated rings. The molecule has 0 aliphatic heterocycles. The van der Waals surface area contributed by atoms with Gasteiger partial charge in [-0.1, -0.05) is 42.5 Å². The minimum Gasteiger partial charge on any atom is -0.372 e. The summed E-state index contributed by atoms with van der Waals surface area (Å²) in [5.74, 6) is 0.285. The lowest BCUT2D eigenvalue weighted by atomic mass is 9.93. The molecule has 0 amide bonds. The molecule has 0 saturated heterocycles. The number of hydrogen-bond acceptors (Lipinski definition) is 4. The van der Waals surface area contributed by atoms with E-state index in [4.69, 9.17) is 0 Å². The lowest BCUT2D eigenvalue weighted by Gasteiger charge is -2.16. The van der Waals surface area contributed by atoms with Crippen LogP contribution < -0.4 is 5.32 Å². The van der Waals surface area contributed by atoms with Gasteiger partial charge in [-0.15, -0.1) is 11.8 Å². The first-order chi connectivity index (χ1) is 10.3. The van der Waals surface area contributed by atoms with Gasteiger partial charge >= 0.3 is 0 Å². The highest BCUT2D eigenvalue weighted by atomic mass is 32.2. The molecule has 0 heterocycles. The van der Waals surface area contributed by atoms with Gasteiger partial charge in [0.1, 0.15) is 0 Å². The van der Waals surface area contributed by atoms with Crippen LogP contribution in [-0.2, 0) is 0 Å². The number of ketones is 2. The highest BCUT2D eigenvalue weighted by molar-refractivity contribution is 7.99. The smallest absolute Gasteiger partial charge is 0.209 e. The monoisotopic (exact) mass is 295 g/mol. The molecule has 1 aliphatic carbocycles. The van der Waals surface area contributed by atoms with Crippen molar-refractivity contribution in [1.82, 2.24) is 5.32 Å². The number of rotatable bonds is 4. The number of thioether (sulfide) groups is 1. The third-order valence-electron chi connectivity index (χ3n) is 3.20. The van der Waals surface area contributed by atoms with E-state index in [2.05, 4.69) is 5.32 Å². The van der Waals surface area contributed by atoms with E-state index in [9.17, 15) is 9.59 Å². The maximum Gasteiger partial charge on any atom is 0.209 e. The van der Waals surface area contributed by atoms with Crippen LogP contribution in [0.25, 0.3) is 0 Å². The zero-order valence-electron chi connectivity index (χ0n) is 11.2. The van der Waals surface area contributed by atoms with Gasteiger partial charge in [0.2, 0.25) is 5.78 Å². The first kappa shape index (κ1) is 13.6. The van der Waals surface area contributed by atoms with Gasteiger partial charge in [-0.2, -0.15) is 0 Å². The molecule has 1 N–H and O–H groups in total. The van der Waals surface area contributed by atoms with E-state index < -0.39 is 0 Å². The third-order valence-corrected chi connectivity index (χ3v) is 4.10. The summed E-state index contributed by atoms with van der Waals surface area (Å²) in [5, 5.41) is 3.04. The van der Waals surface area contributed by atoms with Crippen LogP contribution in [0.3, 0.4) is 0 Å². The van der Waals surface area contributed by atoms with E-state index >= 15 is 0 Å². The number of allylic oxidation sites excluding steroid dienone is 2. The summed E-state index contributed by atoms with van der Waals surface area (Å²) in [5.41, 5.74) is 1.31. The highest BCUT2D eigenvalue weighted by Crippen LogP contribution is 2.21. The molecule has 0 saturated carbocycles. The van der Waals surface area contributed by atoms with Gasteiger partial charge in [0.25, 0.3) is 0 Å². The number of benzene rings is 2.